The Morgan fingerprint density at radius 3 is 2.94 bits per heavy atom. The molecule has 1 amide bonds. The first kappa shape index (κ1) is 13.1. The maximum atomic E-state index is 11.7. The van der Waals surface area contributed by atoms with Gasteiger partial charge in [0.05, 0.1) is 17.9 Å². The molecule has 1 fully saturated rings. The molecule has 1 aromatic heterocycles. The molecule has 0 saturated carbocycles. The molecule has 5 heteroatoms. The summed E-state index contributed by atoms with van der Waals surface area (Å²) in [5, 5.41) is 10.6. The highest BCUT2D eigenvalue weighted by Gasteiger charge is 2.16. The van der Waals surface area contributed by atoms with Crippen LogP contribution in [-0.4, -0.2) is 28.8 Å². The third-order valence-electron chi connectivity index (χ3n) is 3.16. The number of nitrogens with one attached hydrogen (secondary N) is 2. The normalized spacial score (nSPS) is 17.1. The van der Waals surface area contributed by atoms with E-state index in [1.165, 1.54) is 0 Å². The quantitative estimate of drug-likeness (QED) is 0.856. The van der Waals surface area contributed by atoms with Crippen LogP contribution in [0.25, 0.3) is 0 Å². The predicted octanol–water partition coefficient (Wildman–Crippen LogP) is 1.79. The van der Waals surface area contributed by atoms with Crippen LogP contribution in [0.1, 0.15) is 39.2 Å². The van der Waals surface area contributed by atoms with Crippen LogP contribution < -0.4 is 10.6 Å². The van der Waals surface area contributed by atoms with Gasteiger partial charge in [0.2, 0.25) is 5.91 Å². The van der Waals surface area contributed by atoms with Crippen LogP contribution in [0.2, 0.25) is 0 Å². The minimum atomic E-state index is 0.0647. The van der Waals surface area contributed by atoms with E-state index in [2.05, 4.69) is 15.7 Å². The molecule has 0 aliphatic carbocycles. The van der Waals surface area contributed by atoms with Gasteiger partial charge in [-0.15, -0.1) is 0 Å². The Morgan fingerprint density at radius 1 is 1.56 bits per heavy atom. The van der Waals surface area contributed by atoms with E-state index < -0.39 is 0 Å². The SMILES string of the molecule is CC(C)CC(=O)Nc1cnn(C2CCNCC2)c1. The summed E-state index contributed by atoms with van der Waals surface area (Å²) in [5.41, 5.74) is 0.805. The maximum absolute atomic E-state index is 11.7. The van der Waals surface area contributed by atoms with E-state index in [0.29, 0.717) is 18.4 Å². The number of piperidine rings is 1. The number of aromatic nitrogens is 2. The van der Waals surface area contributed by atoms with Crippen molar-refractivity contribution < 1.29 is 4.79 Å². The van der Waals surface area contributed by atoms with E-state index in [4.69, 9.17) is 0 Å². The van der Waals surface area contributed by atoms with E-state index in [1.807, 2.05) is 24.7 Å². The fourth-order valence-electron chi connectivity index (χ4n) is 2.26. The smallest absolute Gasteiger partial charge is 0.224 e. The average Bonchev–Trinajstić information content (AvgIpc) is 2.77. The molecule has 1 aromatic rings. The average molecular weight is 250 g/mol. The van der Waals surface area contributed by atoms with Crippen molar-refractivity contribution >= 4 is 11.6 Å². The third-order valence-corrected chi connectivity index (χ3v) is 3.16. The van der Waals surface area contributed by atoms with Crippen molar-refractivity contribution in [2.75, 3.05) is 18.4 Å². The second-order valence-corrected chi connectivity index (χ2v) is 5.34. The molecule has 0 spiro atoms. The lowest BCUT2D eigenvalue weighted by molar-refractivity contribution is -0.116. The van der Waals surface area contributed by atoms with E-state index in [1.54, 1.807) is 6.20 Å². The Bertz CT molecular complexity index is 393. The van der Waals surface area contributed by atoms with Crippen LogP contribution in [0.3, 0.4) is 0 Å². The van der Waals surface area contributed by atoms with Gasteiger partial charge >= 0.3 is 0 Å². The van der Waals surface area contributed by atoms with Crippen LogP contribution in [0.15, 0.2) is 12.4 Å². The summed E-state index contributed by atoms with van der Waals surface area (Å²) in [6.45, 7) is 6.16. The summed E-state index contributed by atoms with van der Waals surface area (Å²) < 4.78 is 1.98. The summed E-state index contributed by atoms with van der Waals surface area (Å²) >= 11 is 0. The zero-order valence-corrected chi connectivity index (χ0v) is 11.1. The first-order valence-electron chi connectivity index (χ1n) is 6.70. The van der Waals surface area contributed by atoms with Gasteiger partial charge in [0.25, 0.3) is 0 Å². The van der Waals surface area contributed by atoms with Crippen molar-refractivity contribution in [3.8, 4) is 0 Å². The summed E-state index contributed by atoms with van der Waals surface area (Å²) in [5.74, 6) is 0.444. The standard InChI is InChI=1S/C13H22N4O/c1-10(2)7-13(18)16-11-8-15-17(9-11)12-3-5-14-6-4-12/h8-10,12,14H,3-7H2,1-2H3,(H,16,18). The first-order valence-corrected chi connectivity index (χ1v) is 6.70. The maximum Gasteiger partial charge on any atom is 0.224 e. The van der Waals surface area contributed by atoms with Crippen LogP contribution in [-0.2, 0) is 4.79 Å². The van der Waals surface area contributed by atoms with Crippen molar-refractivity contribution in [1.82, 2.24) is 15.1 Å². The molecule has 1 aliphatic rings. The van der Waals surface area contributed by atoms with Gasteiger partial charge in [0.15, 0.2) is 0 Å². The number of nitrogens with zero attached hydrogens (tertiary/aromatic N) is 2. The van der Waals surface area contributed by atoms with Crippen molar-refractivity contribution in [2.45, 2.75) is 39.2 Å². The van der Waals surface area contributed by atoms with Gasteiger partial charge in [0, 0.05) is 12.6 Å². The molecule has 0 bridgehead atoms. The van der Waals surface area contributed by atoms with Gasteiger partial charge in [-0.2, -0.15) is 5.10 Å². The Labute approximate surface area is 108 Å². The van der Waals surface area contributed by atoms with Gasteiger partial charge in [-0.25, -0.2) is 0 Å². The van der Waals surface area contributed by atoms with E-state index in [0.717, 1.165) is 31.6 Å². The van der Waals surface area contributed by atoms with Crippen molar-refractivity contribution in [3.63, 3.8) is 0 Å². The number of amides is 1. The molecule has 18 heavy (non-hydrogen) atoms. The molecule has 2 heterocycles. The van der Waals surface area contributed by atoms with E-state index in [-0.39, 0.29) is 5.91 Å². The highest BCUT2D eigenvalue weighted by molar-refractivity contribution is 5.90. The second kappa shape index (κ2) is 6.00. The largest absolute Gasteiger partial charge is 0.323 e. The lowest BCUT2D eigenvalue weighted by atomic mass is 10.1. The Hall–Kier alpha value is -1.36. The van der Waals surface area contributed by atoms with E-state index in [9.17, 15) is 4.79 Å². The van der Waals surface area contributed by atoms with Gasteiger partial charge in [-0.3, -0.25) is 9.48 Å². The summed E-state index contributed by atoms with van der Waals surface area (Å²) in [4.78, 5) is 11.7. The van der Waals surface area contributed by atoms with Crippen LogP contribution in [0.4, 0.5) is 5.69 Å². The summed E-state index contributed by atoms with van der Waals surface area (Å²) in [7, 11) is 0. The summed E-state index contributed by atoms with van der Waals surface area (Å²) in [6, 6.07) is 0.460. The minimum absolute atomic E-state index is 0.0647. The second-order valence-electron chi connectivity index (χ2n) is 5.34. The molecule has 1 aliphatic heterocycles. The number of hydrogen-bond donors (Lipinski definition) is 2. The molecule has 2 N–H and O–H groups in total. The Kier molecular flexibility index (Phi) is 4.36. The Morgan fingerprint density at radius 2 is 2.28 bits per heavy atom. The predicted molar refractivity (Wildman–Crippen MR) is 71.5 cm³/mol. The Balaban J connectivity index is 1.91. The van der Waals surface area contributed by atoms with Gasteiger partial charge in [-0.05, 0) is 31.8 Å². The number of rotatable bonds is 4. The summed E-state index contributed by atoms with van der Waals surface area (Å²) in [6.07, 6.45) is 6.43. The zero-order chi connectivity index (χ0) is 13.0. The molecular weight excluding hydrogens is 228 g/mol. The zero-order valence-electron chi connectivity index (χ0n) is 11.1. The molecule has 2 rings (SSSR count). The highest BCUT2D eigenvalue weighted by atomic mass is 16.1. The number of carbonyl (C=O) groups is 1. The van der Waals surface area contributed by atoms with E-state index >= 15 is 0 Å². The molecular formula is C13H22N4O. The van der Waals surface area contributed by atoms with Crippen molar-refractivity contribution in [2.24, 2.45) is 5.92 Å². The highest BCUT2D eigenvalue weighted by Crippen LogP contribution is 2.19. The van der Waals surface area contributed by atoms with Crippen LogP contribution >= 0.6 is 0 Å². The number of carbonyl (C=O) groups excluding carboxylic acids is 1. The fourth-order valence-corrected chi connectivity index (χ4v) is 2.26. The molecule has 0 atom stereocenters. The number of hydrogen-bond acceptors (Lipinski definition) is 3. The van der Waals surface area contributed by atoms with Crippen molar-refractivity contribution in [1.29, 1.82) is 0 Å². The fraction of sp³-hybridized carbons (Fsp3) is 0.692. The lowest BCUT2D eigenvalue weighted by Crippen LogP contribution is -2.29. The first-order chi connectivity index (χ1) is 8.65. The number of anilines is 1. The molecule has 0 unspecified atom stereocenters. The topological polar surface area (TPSA) is 59.0 Å². The minimum Gasteiger partial charge on any atom is -0.323 e. The molecule has 1 saturated heterocycles. The monoisotopic (exact) mass is 250 g/mol. The van der Waals surface area contributed by atoms with Gasteiger partial charge in [0.1, 0.15) is 0 Å². The molecule has 100 valence electrons. The van der Waals surface area contributed by atoms with Gasteiger partial charge < -0.3 is 10.6 Å². The molecule has 0 radical (unpaired) electrons. The third kappa shape index (κ3) is 3.57. The van der Waals surface area contributed by atoms with Crippen molar-refractivity contribution in [3.05, 3.63) is 12.4 Å². The van der Waals surface area contributed by atoms with Gasteiger partial charge in [-0.1, -0.05) is 13.8 Å². The lowest BCUT2D eigenvalue weighted by Gasteiger charge is -2.22. The van der Waals surface area contributed by atoms with Crippen LogP contribution in [0.5, 0.6) is 0 Å². The molecule has 5 nitrogen and oxygen atoms in total. The van der Waals surface area contributed by atoms with Crippen LogP contribution in [0, 0.1) is 5.92 Å². The molecule has 0 aromatic carbocycles.